The molecule has 0 radical (unpaired) electrons. The fraction of sp³-hybridized carbons (Fsp3) is 0.421. The van der Waals surface area contributed by atoms with E-state index < -0.39 is 23.1 Å². The number of hydrogen-bond donors (Lipinski definition) is 0. The van der Waals surface area contributed by atoms with Gasteiger partial charge in [0, 0.05) is 0 Å². The van der Waals surface area contributed by atoms with Crippen molar-refractivity contribution < 1.29 is 19.1 Å². The van der Waals surface area contributed by atoms with Gasteiger partial charge in [-0.05, 0) is 166 Å². The lowest BCUT2D eigenvalue weighted by Crippen LogP contribution is -2.28. The molecule has 0 unspecified atom stereocenters. The van der Waals surface area contributed by atoms with Gasteiger partial charge in [0.25, 0.3) is 0 Å². The first-order valence-electron chi connectivity index (χ1n) is 15.6. The van der Waals surface area contributed by atoms with Crippen molar-refractivity contribution in [2.75, 3.05) is 0 Å². The molecule has 0 aromatic carbocycles. The molecular weight excluding hydrogens is 576 g/mol. The van der Waals surface area contributed by atoms with Crippen molar-refractivity contribution in [1.82, 2.24) is 0 Å². The summed E-state index contributed by atoms with van der Waals surface area (Å²) in [7, 11) is 0. The molecule has 0 fully saturated rings. The number of rotatable bonds is 5. The van der Waals surface area contributed by atoms with E-state index in [0.717, 1.165) is 67.4 Å². The van der Waals surface area contributed by atoms with E-state index in [-0.39, 0.29) is 0 Å². The van der Waals surface area contributed by atoms with E-state index in [4.69, 9.17) is 19.5 Å². The van der Waals surface area contributed by atoms with E-state index in [1.54, 1.807) is 0 Å². The summed E-state index contributed by atoms with van der Waals surface area (Å²) in [5.74, 6) is -0.848. The zero-order chi connectivity index (χ0) is 34.5. The van der Waals surface area contributed by atoms with Crippen LogP contribution >= 0.6 is 0 Å². The van der Waals surface area contributed by atoms with E-state index in [1.807, 2.05) is 121 Å². The van der Waals surface area contributed by atoms with Gasteiger partial charge in [-0.3, -0.25) is 0 Å². The third kappa shape index (κ3) is 7.16. The van der Waals surface area contributed by atoms with Gasteiger partial charge < -0.3 is 9.47 Å². The highest BCUT2D eigenvalue weighted by molar-refractivity contribution is 6.45. The highest BCUT2D eigenvalue weighted by Gasteiger charge is 2.30. The second kappa shape index (κ2) is 12.4. The van der Waals surface area contributed by atoms with Crippen LogP contribution in [0.4, 0.5) is 0 Å². The van der Waals surface area contributed by atoms with Crippen LogP contribution in [-0.4, -0.2) is 46.0 Å². The Kier molecular flexibility index (Phi) is 9.26. The molecule has 0 aromatic heterocycles. The van der Waals surface area contributed by atoms with E-state index in [2.05, 4.69) is 9.98 Å². The Morgan fingerprint density at radius 1 is 0.457 bits per heavy atom. The monoisotopic (exact) mass is 622 g/mol. The molecule has 0 atom stereocenters. The molecule has 4 heterocycles. The van der Waals surface area contributed by atoms with Crippen LogP contribution in [0.1, 0.15) is 96.9 Å². The summed E-state index contributed by atoms with van der Waals surface area (Å²) in [5.41, 5.74) is 11.9. The minimum atomic E-state index is -0.599. The molecule has 46 heavy (non-hydrogen) atoms. The summed E-state index contributed by atoms with van der Waals surface area (Å²) in [6.45, 7) is 26.9. The molecule has 8 heteroatoms. The van der Waals surface area contributed by atoms with Crippen LogP contribution in [0.2, 0.25) is 0 Å². The molecule has 4 aliphatic rings. The van der Waals surface area contributed by atoms with E-state index in [9.17, 15) is 9.59 Å². The van der Waals surface area contributed by atoms with Gasteiger partial charge in [0.2, 0.25) is 0 Å². The maximum absolute atomic E-state index is 12.8. The first-order chi connectivity index (χ1) is 21.2. The van der Waals surface area contributed by atoms with Gasteiger partial charge >= 0.3 is 11.9 Å². The summed E-state index contributed by atoms with van der Waals surface area (Å²) >= 11 is 0. The number of nitrogens with zero attached hydrogens (tertiary/aromatic N) is 4. The minimum Gasteiger partial charge on any atom is -0.455 e. The predicted molar refractivity (Wildman–Crippen MR) is 187 cm³/mol. The highest BCUT2D eigenvalue weighted by atomic mass is 16.6. The lowest BCUT2D eigenvalue weighted by atomic mass is 10.0. The summed E-state index contributed by atoms with van der Waals surface area (Å²) in [4.78, 5) is 44.6. The van der Waals surface area contributed by atoms with Crippen LogP contribution in [-0.2, 0) is 19.1 Å². The van der Waals surface area contributed by atoms with Crippen molar-refractivity contribution in [3.63, 3.8) is 0 Å². The van der Waals surface area contributed by atoms with Gasteiger partial charge in [0.15, 0.2) is 11.4 Å². The maximum Gasteiger partial charge on any atom is 0.357 e. The third-order valence-electron chi connectivity index (χ3n) is 8.34. The largest absolute Gasteiger partial charge is 0.455 e. The first-order valence-corrected chi connectivity index (χ1v) is 15.6. The van der Waals surface area contributed by atoms with Crippen LogP contribution in [0.5, 0.6) is 0 Å². The molecule has 4 aliphatic heterocycles. The fourth-order valence-corrected chi connectivity index (χ4v) is 5.03. The van der Waals surface area contributed by atoms with Crippen LogP contribution in [0.25, 0.3) is 0 Å². The lowest BCUT2D eigenvalue weighted by Gasteiger charge is -2.19. The van der Waals surface area contributed by atoms with Crippen molar-refractivity contribution in [3.8, 4) is 0 Å². The average molecular weight is 623 g/mol. The molecule has 0 amide bonds. The van der Waals surface area contributed by atoms with E-state index in [1.165, 1.54) is 0 Å². The van der Waals surface area contributed by atoms with Gasteiger partial charge in [0.05, 0.1) is 34.2 Å². The normalized spacial score (nSPS) is 22.7. The molecule has 8 nitrogen and oxygen atoms in total. The number of esters is 2. The van der Waals surface area contributed by atoms with Crippen molar-refractivity contribution in [1.29, 1.82) is 0 Å². The van der Waals surface area contributed by atoms with Crippen LogP contribution in [0.3, 0.4) is 0 Å². The molecule has 0 aromatic rings. The molecular formula is C38H46N4O4. The molecule has 0 saturated heterocycles. The van der Waals surface area contributed by atoms with Crippen LogP contribution < -0.4 is 0 Å². The molecule has 0 aliphatic carbocycles. The zero-order valence-electron chi connectivity index (χ0n) is 29.7. The topological polar surface area (TPSA) is 102 Å². The Bertz CT molecular complexity index is 1690. The third-order valence-corrected chi connectivity index (χ3v) is 8.34. The van der Waals surface area contributed by atoms with Crippen molar-refractivity contribution in [2.45, 2.75) is 108 Å². The molecule has 0 saturated carbocycles. The second-order valence-corrected chi connectivity index (χ2v) is 14.1. The predicted octanol–water partition coefficient (Wildman–Crippen LogP) is 8.37. The number of ether oxygens (including phenoxy) is 2. The van der Waals surface area contributed by atoms with Gasteiger partial charge in [0.1, 0.15) is 11.2 Å². The van der Waals surface area contributed by atoms with E-state index >= 15 is 0 Å². The Labute approximate surface area is 273 Å². The van der Waals surface area contributed by atoms with Crippen molar-refractivity contribution >= 4 is 34.8 Å². The van der Waals surface area contributed by atoms with Gasteiger partial charge in [-0.1, -0.05) is 0 Å². The second-order valence-electron chi connectivity index (χ2n) is 14.1. The average Bonchev–Trinajstić information content (AvgIpc) is 3.57. The van der Waals surface area contributed by atoms with E-state index in [0.29, 0.717) is 22.8 Å². The van der Waals surface area contributed by atoms with Gasteiger partial charge in [-0.25, -0.2) is 29.6 Å². The molecule has 4 rings (SSSR count). The number of carbonyl (C=O) groups is 2. The molecule has 0 spiro atoms. The Morgan fingerprint density at radius 3 is 1.07 bits per heavy atom. The number of allylic oxidation sites excluding steroid dienone is 10. The molecule has 0 N–H and O–H groups in total. The summed E-state index contributed by atoms with van der Waals surface area (Å²) in [6.07, 6.45) is 7.83. The van der Waals surface area contributed by atoms with Gasteiger partial charge in [-0.2, -0.15) is 0 Å². The lowest BCUT2D eigenvalue weighted by molar-refractivity contribution is -0.147. The molecule has 0 bridgehead atoms. The zero-order valence-corrected chi connectivity index (χ0v) is 29.7. The summed E-state index contributed by atoms with van der Waals surface area (Å²) in [5, 5.41) is 0. The fourth-order valence-electron chi connectivity index (χ4n) is 5.03. The standard InChI is InChI=1S/C38H46N4O4/c1-19-21(3)29(17-31-23(5)25(7)33(41-31)35(43)45-37(9,10)11)39-27(19)15-16-28-20(2)22(4)30(40-28)18-32-24(6)26(8)34(42-32)36(44)46-38(12,13)14/h15-18H,1-14H3/b27-15-,28-16-,31-17-,32-18+. The maximum atomic E-state index is 12.8. The quantitative estimate of drug-likeness (QED) is 0.287. The minimum absolute atomic E-state index is 0.337. The Hall–Kier alpha value is -4.46. The number of carbonyl (C=O) groups excluding carboxylic acids is 2. The number of aliphatic imine (C=N–C) groups is 4. The first kappa shape index (κ1) is 34.4. The smallest absolute Gasteiger partial charge is 0.357 e. The van der Waals surface area contributed by atoms with Crippen LogP contribution in [0.15, 0.2) is 112 Å². The van der Waals surface area contributed by atoms with Gasteiger partial charge in [-0.15, -0.1) is 0 Å². The van der Waals surface area contributed by atoms with Crippen LogP contribution in [0, 0.1) is 0 Å². The van der Waals surface area contributed by atoms with Crippen molar-refractivity contribution in [3.05, 3.63) is 91.7 Å². The summed E-state index contributed by atoms with van der Waals surface area (Å²) < 4.78 is 11.1. The van der Waals surface area contributed by atoms with Crippen molar-refractivity contribution in [2.24, 2.45) is 20.0 Å². The Balaban J connectivity index is 1.62. The number of hydrogen-bond acceptors (Lipinski definition) is 8. The summed E-state index contributed by atoms with van der Waals surface area (Å²) in [6, 6.07) is 0. The Morgan fingerprint density at radius 2 is 0.761 bits per heavy atom. The SMILES string of the molecule is CC1=C(C)/C(=C/C=C2N=C(/C=C3/N=C(C(=O)OC(C)(C)C)C(C)=C3C)C(C)=C\2C)N=C1/C=C1\N=C(C(=O)OC(C)(C)C)C(C)=C1C. The highest BCUT2D eigenvalue weighted by Crippen LogP contribution is 2.33. The molecule has 242 valence electrons.